The number of hydrogen-bond donors (Lipinski definition) is 2. The number of halogens is 1. The molecule has 1 unspecified atom stereocenters. The summed E-state index contributed by atoms with van der Waals surface area (Å²) in [6.07, 6.45) is 3.91. The summed E-state index contributed by atoms with van der Waals surface area (Å²) in [7, 11) is 0. The van der Waals surface area contributed by atoms with Crippen LogP contribution in [0, 0.1) is 0 Å². The SMILES string of the molecule is CCCNc1ccc(Cl)c(C(=O)NC(CC)CCC)n1. The number of amides is 1. The normalized spacial score (nSPS) is 12.0. The Hall–Kier alpha value is -1.29. The van der Waals surface area contributed by atoms with Crippen LogP contribution in [0.15, 0.2) is 12.1 Å². The second kappa shape index (κ2) is 8.80. The van der Waals surface area contributed by atoms with Crippen LogP contribution in [0.5, 0.6) is 0 Å². The fraction of sp³-hybridized carbons (Fsp3) is 0.600. The van der Waals surface area contributed by atoms with E-state index in [1.165, 1.54) is 0 Å². The van der Waals surface area contributed by atoms with Gasteiger partial charge in [0.2, 0.25) is 0 Å². The zero-order valence-corrected chi connectivity index (χ0v) is 13.3. The third kappa shape index (κ3) is 5.00. The average molecular weight is 298 g/mol. The van der Waals surface area contributed by atoms with Gasteiger partial charge in [0, 0.05) is 12.6 Å². The van der Waals surface area contributed by atoms with Crippen molar-refractivity contribution in [2.45, 2.75) is 52.5 Å². The van der Waals surface area contributed by atoms with Crippen molar-refractivity contribution in [2.24, 2.45) is 0 Å². The van der Waals surface area contributed by atoms with Gasteiger partial charge in [-0.15, -0.1) is 0 Å². The molecule has 2 N–H and O–H groups in total. The predicted molar refractivity (Wildman–Crippen MR) is 84.5 cm³/mol. The van der Waals surface area contributed by atoms with Gasteiger partial charge >= 0.3 is 0 Å². The number of nitrogens with one attached hydrogen (secondary N) is 2. The maximum atomic E-state index is 12.2. The Labute approximate surface area is 126 Å². The molecule has 0 saturated heterocycles. The first kappa shape index (κ1) is 16.8. The molecule has 0 aliphatic rings. The van der Waals surface area contributed by atoms with E-state index in [0.29, 0.717) is 16.5 Å². The first-order valence-corrected chi connectivity index (χ1v) is 7.71. The van der Waals surface area contributed by atoms with Gasteiger partial charge in [-0.2, -0.15) is 0 Å². The molecule has 0 aliphatic heterocycles. The average Bonchev–Trinajstić information content (AvgIpc) is 2.45. The van der Waals surface area contributed by atoms with E-state index in [4.69, 9.17) is 11.6 Å². The Balaban J connectivity index is 2.80. The number of nitrogens with zero attached hydrogens (tertiary/aromatic N) is 1. The van der Waals surface area contributed by atoms with Crippen molar-refractivity contribution in [1.29, 1.82) is 0 Å². The van der Waals surface area contributed by atoms with Gasteiger partial charge in [-0.05, 0) is 31.4 Å². The lowest BCUT2D eigenvalue weighted by Gasteiger charge is -2.16. The monoisotopic (exact) mass is 297 g/mol. The maximum Gasteiger partial charge on any atom is 0.271 e. The molecule has 20 heavy (non-hydrogen) atoms. The molecular weight excluding hydrogens is 274 g/mol. The Bertz CT molecular complexity index is 437. The zero-order chi connectivity index (χ0) is 15.0. The van der Waals surface area contributed by atoms with Gasteiger partial charge in [0.1, 0.15) is 11.5 Å². The summed E-state index contributed by atoms with van der Waals surface area (Å²) in [6.45, 7) is 7.07. The van der Waals surface area contributed by atoms with Crippen LogP contribution >= 0.6 is 11.6 Å². The minimum atomic E-state index is -0.199. The summed E-state index contributed by atoms with van der Waals surface area (Å²) in [6, 6.07) is 3.68. The van der Waals surface area contributed by atoms with E-state index < -0.39 is 0 Å². The van der Waals surface area contributed by atoms with Crippen LogP contribution in [0.3, 0.4) is 0 Å². The number of hydrogen-bond acceptors (Lipinski definition) is 3. The highest BCUT2D eigenvalue weighted by Gasteiger charge is 2.16. The summed E-state index contributed by atoms with van der Waals surface area (Å²) in [5.41, 5.74) is 0.294. The lowest BCUT2D eigenvalue weighted by atomic mass is 10.1. The number of rotatable bonds is 8. The first-order valence-electron chi connectivity index (χ1n) is 7.33. The topological polar surface area (TPSA) is 54.0 Å². The van der Waals surface area contributed by atoms with Crippen LogP contribution in [-0.4, -0.2) is 23.5 Å². The van der Waals surface area contributed by atoms with Gasteiger partial charge in [-0.3, -0.25) is 4.79 Å². The van der Waals surface area contributed by atoms with E-state index in [1.807, 2.05) is 0 Å². The molecule has 0 radical (unpaired) electrons. The smallest absolute Gasteiger partial charge is 0.271 e. The zero-order valence-electron chi connectivity index (χ0n) is 12.5. The van der Waals surface area contributed by atoms with Crippen molar-refractivity contribution in [1.82, 2.24) is 10.3 Å². The Morgan fingerprint density at radius 2 is 2.05 bits per heavy atom. The third-order valence-electron chi connectivity index (χ3n) is 3.08. The molecule has 1 aromatic heterocycles. The Morgan fingerprint density at radius 1 is 1.30 bits per heavy atom. The second-order valence-electron chi connectivity index (χ2n) is 4.82. The fourth-order valence-electron chi connectivity index (χ4n) is 1.93. The number of aromatic nitrogens is 1. The molecule has 0 aromatic carbocycles. The molecule has 0 spiro atoms. The molecule has 0 bridgehead atoms. The molecule has 1 atom stereocenters. The Morgan fingerprint density at radius 3 is 2.65 bits per heavy atom. The number of carbonyl (C=O) groups excluding carboxylic acids is 1. The lowest BCUT2D eigenvalue weighted by Crippen LogP contribution is -2.35. The summed E-state index contributed by atoms with van der Waals surface area (Å²) >= 11 is 6.08. The highest BCUT2D eigenvalue weighted by molar-refractivity contribution is 6.33. The number of pyridine rings is 1. The minimum Gasteiger partial charge on any atom is -0.370 e. The fourth-order valence-corrected chi connectivity index (χ4v) is 2.12. The molecule has 1 amide bonds. The second-order valence-corrected chi connectivity index (χ2v) is 5.23. The summed E-state index contributed by atoms with van der Waals surface area (Å²) in [5, 5.41) is 6.54. The van der Waals surface area contributed by atoms with Crippen molar-refractivity contribution in [3.8, 4) is 0 Å². The largest absolute Gasteiger partial charge is 0.370 e. The predicted octanol–water partition coefficient (Wildman–Crippen LogP) is 3.87. The molecule has 112 valence electrons. The van der Waals surface area contributed by atoms with Crippen LogP contribution in [0.25, 0.3) is 0 Å². The number of carbonyl (C=O) groups is 1. The standard InChI is InChI=1S/C15H24ClN3O/c1-4-7-11(6-3)18-15(20)14-12(16)8-9-13(19-14)17-10-5-2/h8-9,11H,4-7,10H2,1-3H3,(H,17,19)(H,18,20). The molecule has 1 aromatic rings. The van der Waals surface area contributed by atoms with E-state index in [1.54, 1.807) is 12.1 Å². The van der Waals surface area contributed by atoms with Gasteiger partial charge in [-0.25, -0.2) is 4.98 Å². The molecule has 0 aliphatic carbocycles. The van der Waals surface area contributed by atoms with Crippen molar-refractivity contribution < 1.29 is 4.79 Å². The van der Waals surface area contributed by atoms with E-state index in [0.717, 1.165) is 32.2 Å². The van der Waals surface area contributed by atoms with Gasteiger partial charge in [0.25, 0.3) is 5.91 Å². The first-order chi connectivity index (χ1) is 9.62. The van der Waals surface area contributed by atoms with Crippen LogP contribution in [-0.2, 0) is 0 Å². The molecule has 4 nitrogen and oxygen atoms in total. The quantitative estimate of drug-likeness (QED) is 0.766. The van der Waals surface area contributed by atoms with Crippen molar-refractivity contribution >= 4 is 23.3 Å². The summed E-state index contributed by atoms with van der Waals surface area (Å²) in [5.74, 6) is 0.486. The Kier molecular flexibility index (Phi) is 7.37. The van der Waals surface area contributed by atoms with E-state index >= 15 is 0 Å². The van der Waals surface area contributed by atoms with Crippen LogP contribution < -0.4 is 10.6 Å². The van der Waals surface area contributed by atoms with E-state index in [9.17, 15) is 4.79 Å². The van der Waals surface area contributed by atoms with E-state index in [-0.39, 0.29) is 11.9 Å². The highest BCUT2D eigenvalue weighted by atomic mass is 35.5. The summed E-state index contributed by atoms with van der Waals surface area (Å²) in [4.78, 5) is 16.6. The minimum absolute atomic E-state index is 0.178. The van der Waals surface area contributed by atoms with Crippen molar-refractivity contribution in [3.05, 3.63) is 22.8 Å². The molecule has 0 fully saturated rings. The van der Waals surface area contributed by atoms with Crippen LogP contribution in [0.2, 0.25) is 5.02 Å². The van der Waals surface area contributed by atoms with E-state index in [2.05, 4.69) is 36.4 Å². The van der Waals surface area contributed by atoms with Gasteiger partial charge in [0.05, 0.1) is 5.02 Å². The van der Waals surface area contributed by atoms with Crippen molar-refractivity contribution in [3.63, 3.8) is 0 Å². The highest BCUT2D eigenvalue weighted by Crippen LogP contribution is 2.17. The molecule has 5 heteroatoms. The van der Waals surface area contributed by atoms with Crippen molar-refractivity contribution in [2.75, 3.05) is 11.9 Å². The van der Waals surface area contributed by atoms with Gasteiger partial charge in [0.15, 0.2) is 0 Å². The van der Waals surface area contributed by atoms with Crippen LogP contribution in [0.1, 0.15) is 56.9 Å². The lowest BCUT2D eigenvalue weighted by molar-refractivity contribution is 0.0929. The van der Waals surface area contributed by atoms with Gasteiger partial charge in [-0.1, -0.05) is 38.8 Å². The maximum absolute atomic E-state index is 12.2. The molecular formula is C15H24ClN3O. The molecule has 1 heterocycles. The van der Waals surface area contributed by atoms with Crippen LogP contribution in [0.4, 0.5) is 5.82 Å². The summed E-state index contributed by atoms with van der Waals surface area (Å²) < 4.78 is 0. The third-order valence-corrected chi connectivity index (χ3v) is 3.39. The number of anilines is 1. The molecule has 0 saturated carbocycles. The molecule has 1 rings (SSSR count). The van der Waals surface area contributed by atoms with Gasteiger partial charge < -0.3 is 10.6 Å².